The average Bonchev–Trinajstić information content (AvgIpc) is 2.64. The minimum absolute atomic E-state index is 0.0413. The summed E-state index contributed by atoms with van der Waals surface area (Å²) < 4.78 is 58.3. The Hall–Kier alpha value is -2.23. The number of sulfonamides is 1. The third-order valence-electron chi connectivity index (χ3n) is 3.79. The van der Waals surface area contributed by atoms with Gasteiger partial charge in [-0.1, -0.05) is 25.4 Å². The molecule has 28 heavy (non-hydrogen) atoms. The van der Waals surface area contributed by atoms with Crippen molar-refractivity contribution in [3.05, 3.63) is 53.1 Å². The number of hydrogen-bond acceptors (Lipinski definition) is 4. The first kappa shape index (κ1) is 22.1. The summed E-state index contributed by atoms with van der Waals surface area (Å²) in [6.07, 6.45) is 0. The fourth-order valence-corrected chi connectivity index (χ4v) is 4.27. The minimum Gasteiger partial charge on any atom is -0.482 e. The lowest BCUT2D eigenvalue weighted by atomic mass is 10.3. The normalized spacial score (nSPS) is 11.5. The van der Waals surface area contributed by atoms with Gasteiger partial charge in [-0.3, -0.25) is 4.79 Å². The van der Waals surface area contributed by atoms with Crippen LogP contribution in [0.5, 0.6) is 5.75 Å². The van der Waals surface area contributed by atoms with Crippen LogP contribution in [0.15, 0.2) is 41.3 Å². The van der Waals surface area contributed by atoms with Gasteiger partial charge in [0.1, 0.15) is 10.6 Å². The van der Waals surface area contributed by atoms with Crippen LogP contribution in [0, 0.1) is 11.6 Å². The maximum atomic E-state index is 13.2. The summed E-state index contributed by atoms with van der Waals surface area (Å²) >= 11 is 5.93. The standard InChI is InChI=1S/C18H19ClF2N2O4S/c1-3-23(4-2)28(25,26)17-9-12(19)5-8-16(17)27-11-18(24)22-13-6-7-14(20)15(21)10-13/h5-10H,3-4,11H2,1-2H3,(H,22,24). The Morgan fingerprint density at radius 3 is 2.39 bits per heavy atom. The van der Waals surface area contributed by atoms with Gasteiger partial charge in [0.25, 0.3) is 5.91 Å². The Labute approximate surface area is 167 Å². The van der Waals surface area contributed by atoms with Crippen LogP contribution in [0.25, 0.3) is 0 Å². The number of carbonyl (C=O) groups excluding carboxylic acids is 1. The van der Waals surface area contributed by atoms with Gasteiger partial charge < -0.3 is 10.1 Å². The third-order valence-corrected chi connectivity index (χ3v) is 6.10. The Bertz CT molecular complexity index is 966. The molecule has 0 saturated carbocycles. The van der Waals surface area contributed by atoms with E-state index in [1.54, 1.807) is 13.8 Å². The van der Waals surface area contributed by atoms with Crippen LogP contribution in [0.3, 0.4) is 0 Å². The molecule has 0 fully saturated rings. The van der Waals surface area contributed by atoms with Gasteiger partial charge in [-0.15, -0.1) is 0 Å². The topological polar surface area (TPSA) is 75.7 Å². The molecule has 6 nitrogen and oxygen atoms in total. The smallest absolute Gasteiger partial charge is 0.262 e. The molecule has 0 aliphatic carbocycles. The highest BCUT2D eigenvalue weighted by molar-refractivity contribution is 7.89. The van der Waals surface area contributed by atoms with Crippen molar-refractivity contribution in [2.45, 2.75) is 18.7 Å². The van der Waals surface area contributed by atoms with Crippen molar-refractivity contribution in [2.75, 3.05) is 25.0 Å². The van der Waals surface area contributed by atoms with Crippen molar-refractivity contribution >= 4 is 33.2 Å². The molecule has 2 aromatic carbocycles. The predicted molar refractivity (Wildman–Crippen MR) is 102 cm³/mol. The zero-order valence-electron chi connectivity index (χ0n) is 15.2. The third kappa shape index (κ3) is 5.18. The molecule has 2 aromatic rings. The Morgan fingerprint density at radius 2 is 1.79 bits per heavy atom. The van der Waals surface area contributed by atoms with E-state index in [1.807, 2.05) is 0 Å². The van der Waals surface area contributed by atoms with Crippen LogP contribution < -0.4 is 10.1 Å². The number of ether oxygens (including phenoxy) is 1. The summed E-state index contributed by atoms with van der Waals surface area (Å²) in [5, 5.41) is 2.54. The highest BCUT2D eigenvalue weighted by atomic mass is 35.5. The molecule has 0 unspecified atom stereocenters. The van der Waals surface area contributed by atoms with E-state index in [0.29, 0.717) is 0 Å². The van der Waals surface area contributed by atoms with E-state index in [4.69, 9.17) is 16.3 Å². The number of halogens is 3. The van der Waals surface area contributed by atoms with Crippen LogP contribution in [0.2, 0.25) is 5.02 Å². The lowest BCUT2D eigenvalue weighted by Gasteiger charge is -2.20. The second-order valence-electron chi connectivity index (χ2n) is 5.65. The molecule has 152 valence electrons. The molecule has 1 amide bonds. The van der Waals surface area contributed by atoms with Crippen molar-refractivity contribution in [1.82, 2.24) is 4.31 Å². The number of benzene rings is 2. The molecule has 0 spiro atoms. The Kier molecular flexibility index (Phi) is 7.34. The molecule has 10 heteroatoms. The van der Waals surface area contributed by atoms with Gasteiger partial charge in [-0.2, -0.15) is 4.31 Å². The summed E-state index contributed by atoms with van der Waals surface area (Å²) in [6.45, 7) is 3.35. The minimum atomic E-state index is -3.87. The molecular formula is C18H19ClF2N2O4S. The summed E-state index contributed by atoms with van der Waals surface area (Å²) in [5.74, 6) is -2.87. The number of hydrogen-bond donors (Lipinski definition) is 1. The lowest BCUT2D eigenvalue weighted by molar-refractivity contribution is -0.118. The number of nitrogens with zero attached hydrogens (tertiary/aromatic N) is 1. The first-order chi connectivity index (χ1) is 13.2. The van der Waals surface area contributed by atoms with E-state index < -0.39 is 34.2 Å². The maximum Gasteiger partial charge on any atom is 0.262 e. The number of nitrogens with one attached hydrogen (secondary N) is 1. The lowest BCUT2D eigenvalue weighted by Crippen LogP contribution is -2.31. The summed E-state index contributed by atoms with van der Waals surface area (Å²) in [4.78, 5) is 11.9. The van der Waals surface area contributed by atoms with Crippen molar-refractivity contribution in [2.24, 2.45) is 0 Å². The van der Waals surface area contributed by atoms with Gasteiger partial charge in [-0.25, -0.2) is 17.2 Å². The summed E-state index contributed by atoms with van der Waals surface area (Å²) in [6, 6.07) is 6.92. The highest BCUT2D eigenvalue weighted by Gasteiger charge is 2.26. The Balaban J connectivity index is 2.18. The summed E-state index contributed by atoms with van der Waals surface area (Å²) in [7, 11) is -3.87. The van der Waals surface area contributed by atoms with Crippen molar-refractivity contribution in [3.8, 4) is 5.75 Å². The van der Waals surface area contributed by atoms with Gasteiger partial charge in [0, 0.05) is 29.9 Å². The van der Waals surface area contributed by atoms with Crippen LogP contribution >= 0.6 is 11.6 Å². The second kappa shape index (κ2) is 9.31. The van der Waals surface area contributed by atoms with Gasteiger partial charge in [0.2, 0.25) is 10.0 Å². The van der Waals surface area contributed by atoms with E-state index in [-0.39, 0.29) is 34.4 Å². The van der Waals surface area contributed by atoms with E-state index in [1.165, 1.54) is 28.6 Å². The predicted octanol–water partition coefficient (Wildman–Crippen LogP) is 3.67. The number of carbonyl (C=O) groups is 1. The highest BCUT2D eigenvalue weighted by Crippen LogP contribution is 2.30. The molecule has 0 aromatic heterocycles. The zero-order valence-corrected chi connectivity index (χ0v) is 16.8. The molecule has 0 radical (unpaired) electrons. The molecule has 1 N–H and O–H groups in total. The molecule has 0 aliphatic heterocycles. The molecule has 0 aliphatic rings. The fraction of sp³-hybridized carbons (Fsp3) is 0.278. The first-order valence-corrected chi connectivity index (χ1v) is 10.2. The number of rotatable bonds is 8. The Morgan fingerprint density at radius 1 is 1.11 bits per heavy atom. The molecular weight excluding hydrogens is 414 g/mol. The van der Waals surface area contributed by atoms with Crippen molar-refractivity contribution in [3.63, 3.8) is 0 Å². The van der Waals surface area contributed by atoms with E-state index in [9.17, 15) is 22.0 Å². The van der Waals surface area contributed by atoms with E-state index in [0.717, 1.165) is 12.1 Å². The number of amides is 1. The second-order valence-corrected chi connectivity index (χ2v) is 7.99. The molecule has 0 bridgehead atoms. The van der Waals surface area contributed by atoms with Crippen LogP contribution in [-0.4, -0.2) is 38.3 Å². The summed E-state index contributed by atoms with van der Waals surface area (Å²) in [5.41, 5.74) is 0.0413. The quantitative estimate of drug-likeness (QED) is 0.690. The van der Waals surface area contributed by atoms with Crippen LogP contribution in [0.4, 0.5) is 14.5 Å². The van der Waals surface area contributed by atoms with E-state index in [2.05, 4.69) is 5.32 Å². The average molecular weight is 433 g/mol. The first-order valence-electron chi connectivity index (χ1n) is 8.36. The monoisotopic (exact) mass is 432 g/mol. The molecule has 0 atom stereocenters. The molecule has 0 heterocycles. The van der Waals surface area contributed by atoms with Gasteiger partial charge in [0.05, 0.1) is 0 Å². The van der Waals surface area contributed by atoms with Crippen LogP contribution in [0.1, 0.15) is 13.8 Å². The van der Waals surface area contributed by atoms with Crippen molar-refractivity contribution < 1.29 is 26.7 Å². The maximum absolute atomic E-state index is 13.2. The van der Waals surface area contributed by atoms with Gasteiger partial charge in [0.15, 0.2) is 18.2 Å². The van der Waals surface area contributed by atoms with Gasteiger partial charge >= 0.3 is 0 Å². The SMILES string of the molecule is CCN(CC)S(=O)(=O)c1cc(Cl)ccc1OCC(=O)Nc1ccc(F)c(F)c1. The van der Waals surface area contributed by atoms with Crippen LogP contribution in [-0.2, 0) is 14.8 Å². The fourth-order valence-electron chi connectivity index (χ4n) is 2.42. The van der Waals surface area contributed by atoms with E-state index >= 15 is 0 Å². The van der Waals surface area contributed by atoms with Gasteiger partial charge in [-0.05, 0) is 30.3 Å². The molecule has 2 rings (SSSR count). The zero-order chi connectivity index (χ0) is 20.9. The van der Waals surface area contributed by atoms with Crippen molar-refractivity contribution in [1.29, 1.82) is 0 Å². The number of anilines is 1. The molecule has 0 saturated heterocycles. The largest absolute Gasteiger partial charge is 0.482 e.